The normalized spacial score (nSPS) is 24.3. The number of aromatic nitrogens is 2. The van der Waals surface area contributed by atoms with E-state index < -0.39 is 0 Å². The number of aromatic amines is 1. The van der Waals surface area contributed by atoms with E-state index in [2.05, 4.69) is 17.1 Å². The predicted molar refractivity (Wildman–Crippen MR) is 123 cm³/mol. The van der Waals surface area contributed by atoms with Crippen LogP contribution in [-0.4, -0.2) is 57.8 Å². The van der Waals surface area contributed by atoms with Gasteiger partial charge in [0.15, 0.2) is 0 Å². The largest absolute Gasteiger partial charge is 0.342 e. The fourth-order valence-corrected chi connectivity index (χ4v) is 5.30. The molecule has 2 atom stereocenters. The highest BCUT2D eigenvalue weighted by Gasteiger charge is 2.30. The molecule has 3 aliphatic rings. The Balaban J connectivity index is 1.41. The van der Waals surface area contributed by atoms with Crippen LogP contribution in [-0.2, 0) is 9.59 Å². The summed E-state index contributed by atoms with van der Waals surface area (Å²) in [6, 6.07) is 1.61. The molecular formula is C25H36N4O3. The second kappa shape index (κ2) is 10.0. The third-order valence-corrected chi connectivity index (χ3v) is 7.21. The summed E-state index contributed by atoms with van der Waals surface area (Å²) in [7, 11) is 0. The van der Waals surface area contributed by atoms with Gasteiger partial charge < -0.3 is 14.8 Å². The van der Waals surface area contributed by atoms with Gasteiger partial charge in [-0.25, -0.2) is 4.98 Å². The highest BCUT2D eigenvalue weighted by Crippen LogP contribution is 2.30. The zero-order valence-electron chi connectivity index (χ0n) is 19.4. The first-order valence-corrected chi connectivity index (χ1v) is 12.2. The molecule has 1 aliphatic carbocycles. The van der Waals surface area contributed by atoms with Gasteiger partial charge in [0.25, 0.3) is 5.56 Å². The van der Waals surface area contributed by atoms with E-state index in [0.29, 0.717) is 32.0 Å². The summed E-state index contributed by atoms with van der Waals surface area (Å²) < 4.78 is 0. The number of carbonyl (C=O) groups excluding carboxylic acids is 2. The Kier molecular flexibility index (Phi) is 7.11. The molecule has 0 saturated carbocycles. The second-order valence-electron chi connectivity index (χ2n) is 9.96. The monoisotopic (exact) mass is 440 g/mol. The molecule has 0 bridgehead atoms. The molecule has 0 radical (unpaired) electrons. The van der Waals surface area contributed by atoms with E-state index in [1.54, 1.807) is 6.07 Å². The Hall–Kier alpha value is -2.44. The van der Waals surface area contributed by atoms with Crippen LogP contribution in [0.5, 0.6) is 0 Å². The Bertz CT molecular complexity index is 914. The maximum atomic E-state index is 12.8. The van der Waals surface area contributed by atoms with E-state index in [1.807, 2.05) is 23.6 Å². The lowest BCUT2D eigenvalue weighted by molar-refractivity contribution is -0.135. The van der Waals surface area contributed by atoms with Crippen molar-refractivity contribution in [3.63, 3.8) is 0 Å². The number of nitrogens with zero attached hydrogens (tertiary/aromatic N) is 3. The van der Waals surface area contributed by atoms with E-state index in [4.69, 9.17) is 4.98 Å². The Morgan fingerprint density at radius 1 is 1.09 bits per heavy atom. The first kappa shape index (κ1) is 22.7. The van der Waals surface area contributed by atoms with Crippen LogP contribution in [0, 0.1) is 11.8 Å². The van der Waals surface area contributed by atoms with Gasteiger partial charge in [-0.15, -0.1) is 0 Å². The number of H-pyrrole nitrogens is 1. The summed E-state index contributed by atoms with van der Waals surface area (Å²) >= 11 is 0. The molecule has 4 rings (SSSR count). The summed E-state index contributed by atoms with van der Waals surface area (Å²) in [5.41, 5.74) is 0.688. The first-order valence-electron chi connectivity index (χ1n) is 12.2. The average molecular weight is 441 g/mol. The van der Waals surface area contributed by atoms with Crippen molar-refractivity contribution >= 4 is 11.8 Å². The van der Waals surface area contributed by atoms with Gasteiger partial charge in [-0.05, 0) is 44.4 Å². The number of carbonyl (C=O) groups is 2. The van der Waals surface area contributed by atoms with Gasteiger partial charge in [0.05, 0.1) is 5.69 Å². The molecule has 3 heterocycles. The van der Waals surface area contributed by atoms with Crippen molar-refractivity contribution in [3.8, 4) is 0 Å². The number of hydrogen-bond donors (Lipinski definition) is 1. The molecule has 1 aromatic rings. The summed E-state index contributed by atoms with van der Waals surface area (Å²) in [5, 5.41) is 0. The lowest BCUT2D eigenvalue weighted by Crippen LogP contribution is -2.41. The van der Waals surface area contributed by atoms with E-state index in [-0.39, 0.29) is 35.1 Å². The number of amides is 2. The third kappa shape index (κ3) is 5.30. The molecule has 7 heteroatoms. The quantitative estimate of drug-likeness (QED) is 0.713. The maximum Gasteiger partial charge on any atom is 0.251 e. The number of likely N-dealkylation sites (tertiary alicyclic amines) is 2. The van der Waals surface area contributed by atoms with Crippen LogP contribution in [0.4, 0.5) is 0 Å². The van der Waals surface area contributed by atoms with Crippen molar-refractivity contribution in [2.45, 2.75) is 70.6 Å². The molecule has 1 aromatic heterocycles. The van der Waals surface area contributed by atoms with Gasteiger partial charge in [-0.1, -0.05) is 26.0 Å². The van der Waals surface area contributed by atoms with Crippen molar-refractivity contribution in [3.05, 3.63) is 40.1 Å². The topological polar surface area (TPSA) is 86.4 Å². The van der Waals surface area contributed by atoms with Gasteiger partial charge in [-0.3, -0.25) is 14.4 Å². The maximum absolute atomic E-state index is 12.8. The van der Waals surface area contributed by atoms with Crippen LogP contribution in [0.15, 0.2) is 23.0 Å². The average Bonchev–Trinajstić information content (AvgIpc) is 3.31. The van der Waals surface area contributed by atoms with Crippen LogP contribution in [0.25, 0.3) is 0 Å². The van der Waals surface area contributed by atoms with Crippen molar-refractivity contribution in [1.82, 2.24) is 19.8 Å². The predicted octanol–water partition coefficient (Wildman–Crippen LogP) is 3.19. The molecule has 1 N–H and O–H groups in total. The molecular weight excluding hydrogens is 404 g/mol. The van der Waals surface area contributed by atoms with E-state index in [1.165, 1.54) is 0 Å². The highest BCUT2D eigenvalue weighted by atomic mass is 16.2. The Morgan fingerprint density at radius 3 is 2.56 bits per heavy atom. The second-order valence-corrected chi connectivity index (χ2v) is 9.96. The molecule has 2 amide bonds. The van der Waals surface area contributed by atoms with Crippen LogP contribution >= 0.6 is 0 Å². The minimum absolute atomic E-state index is 0.00876. The number of hydrogen-bond acceptors (Lipinski definition) is 4. The van der Waals surface area contributed by atoms with E-state index >= 15 is 0 Å². The molecule has 2 fully saturated rings. The van der Waals surface area contributed by atoms with Gasteiger partial charge in [0, 0.05) is 56.4 Å². The Labute approximate surface area is 190 Å². The fourth-order valence-electron chi connectivity index (χ4n) is 5.30. The van der Waals surface area contributed by atoms with Crippen LogP contribution in [0.1, 0.15) is 82.1 Å². The molecule has 2 unspecified atom stereocenters. The summed E-state index contributed by atoms with van der Waals surface area (Å²) in [6.45, 7) is 6.71. The molecule has 0 aromatic carbocycles. The summed E-state index contributed by atoms with van der Waals surface area (Å²) in [6.07, 6.45) is 10.6. The number of piperidine rings is 2. The molecule has 2 saturated heterocycles. The minimum Gasteiger partial charge on any atom is -0.342 e. The van der Waals surface area contributed by atoms with Gasteiger partial charge >= 0.3 is 0 Å². The molecule has 32 heavy (non-hydrogen) atoms. The van der Waals surface area contributed by atoms with Crippen LogP contribution in [0.3, 0.4) is 0 Å². The summed E-state index contributed by atoms with van der Waals surface area (Å²) in [5.74, 6) is 1.81. The van der Waals surface area contributed by atoms with Gasteiger partial charge in [0.1, 0.15) is 5.82 Å². The third-order valence-electron chi connectivity index (χ3n) is 7.21. The van der Waals surface area contributed by atoms with Crippen LogP contribution < -0.4 is 5.56 Å². The number of rotatable bonds is 5. The van der Waals surface area contributed by atoms with E-state index in [0.717, 1.165) is 56.6 Å². The van der Waals surface area contributed by atoms with Gasteiger partial charge in [-0.2, -0.15) is 0 Å². The zero-order valence-corrected chi connectivity index (χ0v) is 19.4. The standard InChI is InChI=1S/C25H36N4O3/c1-17(2)25(32)28-12-9-19(10-13-28)24-26-21(15-22(30)27-24)20-8-5-11-29(16-20)23(31)14-18-6-3-4-7-18/h3,6,15,17-20H,4-5,7-14,16H2,1-2H3,(H,26,27,30). The lowest BCUT2D eigenvalue weighted by Gasteiger charge is -2.34. The number of nitrogens with one attached hydrogen (secondary N) is 1. The molecule has 7 nitrogen and oxygen atoms in total. The zero-order chi connectivity index (χ0) is 22.7. The van der Waals surface area contributed by atoms with Gasteiger partial charge in [0.2, 0.25) is 11.8 Å². The SMILES string of the molecule is CC(C)C(=O)N1CCC(c2nc(C3CCCN(C(=O)CC4C=CCC4)C3)cc(=O)[nH]2)CC1. The van der Waals surface area contributed by atoms with Crippen LogP contribution in [0.2, 0.25) is 0 Å². The van der Waals surface area contributed by atoms with Crippen molar-refractivity contribution in [2.24, 2.45) is 11.8 Å². The smallest absolute Gasteiger partial charge is 0.251 e. The Morgan fingerprint density at radius 2 is 1.88 bits per heavy atom. The van der Waals surface area contributed by atoms with Crippen molar-refractivity contribution in [2.75, 3.05) is 26.2 Å². The molecule has 2 aliphatic heterocycles. The van der Waals surface area contributed by atoms with Crippen molar-refractivity contribution in [1.29, 1.82) is 0 Å². The van der Waals surface area contributed by atoms with Crippen molar-refractivity contribution < 1.29 is 9.59 Å². The molecule has 0 spiro atoms. The lowest BCUT2D eigenvalue weighted by atomic mass is 9.92. The highest BCUT2D eigenvalue weighted by molar-refractivity contribution is 5.78. The van der Waals surface area contributed by atoms with E-state index in [9.17, 15) is 14.4 Å². The minimum atomic E-state index is -0.120. The molecule has 174 valence electrons. The fraction of sp³-hybridized carbons (Fsp3) is 0.680. The summed E-state index contributed by atoms with van der Waals surface area (Å²) in [4.78, 5) is 49.3. The first-order chi connectivity index (χ1) is 15.4. The number of allylic oxidation sites excluding steroid dienone is 2.